The summed E-state index contributed by atoms with van der Waals surface area (Å²) >= 11 is 0. The summed E-state index contributed by atoms with van der Waals surface area (Å²) in [7, 11) is 0. The van der Waals surface area contributed by atoms with Crippen LogP contribution >= 0.6 is 0 Å². The minimum Gasteiger partial charge on any atom is -0.350 e. The van der Waals surface area contributed by atoms with Crippen LogP contribution < -0.4 is 10.2 Å². The monoisotopic (exact) mass is 368 g/mol. The Labute approximate surface area is 164 Å². The van der Waals surface area contributed by atoms with Crippen LogP contribution in [0.1, 0.15) is 16.7 Å². The van der Waals surface area contributed by atoms with Crippen LogP contribution in [0.3, 0.4) is 0 Å². The lowest BCUT2D eigenvalue weighted by Crippen LogP contribution is -2.33. The fourth-order valence-electron chi connectivity index (χ4n) is 3.36. The fourth-order valence-corrected chi connectivity index (χ4v) is 3.36. The van der Waals surface area contributed by atoms with Crippen molar-refractivity contribution in [3.8, 4) is 0 Å². The Morgan fingerprint density at radius 1 is 0.750 bits per heavy atom. The molecule has 0 spiro atoms. The van der Waals surface area contributed by atoms with Crippen molar-refractivity contribution < 1.29 is 9.59 Å². The van der Waals surface area contributed by atoms with Gasteiger partial charge in [-0.3, -0.25) is 9.59 Å². The van der Waals surface area contributed by atoms with Gasteiger partial charge in [-0.05, 0) is 48.7 Å². The van der Waals surface area contributed by atoms with E-state index in [2.05, 4.69) is 5.32 Å². The van der Waals surface area contributed by atoms with E-state index in [1.807, 2.05) is 92.7 Å². The number of amides is 2. The molecule has 0 saturated heterocycles. The highest BCUT2D eigenvalue weighted by atomic mass is 16.2. The van der Waals surface area contributed by atoms with Gasteiger partial charge in [-0.1, -0.05) is 60.7 Å². The van der Waals surface area contributed by atoms with Gasteiger partial charge in [-0.25, -0.2) is 4.90 Å². The molecule has 138 valence electrons. The molecule has 0 aromatic heterocycles. The van der Waals surface area contributed by atoms with Crippen LogP contribution in [-0.4, -0.2) is 11.8 Å². The highest BCUT2D eigenvalue weighted by molar-refractivity contribution is 6.46. The lowest BCUT2D eigenvalue weighted by Gasteiger charge is -2.18. The third kappa shape index (κ3) is 3.09. The number of aryl methyl sites for hydroxylation is 2. The molecular formula is C24H20N2O2. The Hall–Kier alpha value is -3.66. The van der Waals surface area contributed by atoms with Gasteiger partial charge in [0.05, 0.1) is 11.3 Å². The van der Waals surface area contributed by atoms with E-state index in [1.54, 1.807) is 0 Å². The van der Waals surface area contributed by atoms with Crippen molar-refractivity contribution in [3.63, 3.8) is 0 Å². The molecule has 2 amide bonds. The van der Waals surface area contributed by atoms with Crippen molar-refractivity contribution in [1.29, 1.82) is 0 Å². The first-order valence-corrected chi connectivity index (χ1v) is 9.14. The predicted octanol–water partition coefficient (Wildman–Crippen LogP) is 4.70. The standard InChI is InChI=1S/C24H20N2O2/c1-16-13-14-17(2)20(15-16)26-23(27)21(18-9-5-3-6-10-18)22(24(26)28)25-19-11-7-4-8-12-19/h3-15,25H,1-2H3. The second kappa shape index (κ2) is 7.16. The van der Waals surface area contributed by atoms with Gasteiger partial charge in [-0.2, -0.15) is 0 Å². The molecule has 4 heteroatoms. The first-order valence-electron chi connectivity index (χ1n) is 9.14. The molecule has 1 aliphatic rings. The zero-order chi connectivity index (χ0) is 19.7. The highest BCUT2D eigenvalue weighted by Crippen LogP contribution is 2.35. The fraction of sp³-hybridized carbons (Fsp3) is 0.0833. The summed E-state index contributed by atoms with van der Waals surface area (Å²) in [6.45, 7) is 3.85. The maximum atomic E-state index is 13.4. The van der Waals surface area contributed by atoms with Gasteiger partial charge in [0.1, 0.15) is 5.70 Å². The van der Waals surface area contributed by atoms with E-state index in [0.29, 0.717) is 22.5 Å². The Morgan fingerprint density at radius 3 is 2.07 bits per heavy atom. The average molecular weight is 368 g/mol. The van der Waals surface area contributed by atoms with Gasteiger partial charge in [0.15, 0.2) is 0 Å². The number of rotatable bonds is 4. The summed E-state index contributed by atoms with van der Waals surface area (Å²) in [4.78, 5) is 28.0. The molecule has 1 aliphatic heterocycles. The molecule has 4 rings (SSSR count). The lowest BCUT2D eigenvalue weighted by atomic mass is 10.0. The molecule has 0 aliphatic carbocycles. The number of nitrogens with one attached hydrogen (secondary N) is 1. The van der Waals surface area contributed by atoms with Crippen molar-refractivity contribution >= 4 is 28.8 Å². The first kappa shape index (κ1) is 17.7. The van der Waals surface area contributed by atoms with Crippen molar-refractivity contribution in [3.05, 3.63) is 101 Å². The normalized spacial score (nSPS) is 14.0. The SMILES string of the molecule is Cc1ccc(C)c(N2C(=O)C(Nc3ccccc3)=C(c3ccccc3)C2=O)c1. The first-order chi connectivity index (χ1) is 13.6. The molecule has 0 fully saturated rings. The Morgan fingerprint density at radius 2 is 1.39 bits per heavy atom. The lowest BCUT2D eigenvalue weighted by molar-refractivity contribution is -0.120. The third-order valence-electron chi connectivity index (χ3n) is 4.80. The summed E-state index contributed by atoms with van der Waals surface area (Å²) in [5.74, 6) is -0.662. The van der Waals surface area contributed by atoms with Gasteiger partial charge in [0, 0.05) is 5.69 Å². The number of para-hydroxylation sites is 1. The molecule has 0 bridgehead atoms. The molecule has 3 aromatic carbocycles. The van der Waals surface area contributed by atoms with Crippen LogP contribution in [0.15, 0.2) is 84.6 Å². The second-order valence-electron chi connectivity index (χ2n) is 6.84. The molecule has 4 nitrogen and oxygen atoms in total. The topological polar surface area (TPSA) is 49.4 Å². The van der Waals surface area contributed by atoms with Crippen molar-refractivity contribution in [2.75, 3.05) is 10.2 Å². The number of carbonyl (C=O) groups excluding carboxylic acids is 2. The number of anilines is 2. The summed E-state index contributed by atoms with van der Waals surface area (Å²) < 4.78 is 0. The zero-order valence-electron chi connectivity index (χ0n) is 15.8. The van der Waals surface area contributed by atoms with Crippen LogP contribution in [0.25, 0.3) is 5.57 Å². The second-order valence-corrected chi connectivity index (χ2v) is 6.84. The zero-order valence-corrected chi connectivity index (χ0v) is 15.8. The molecule has 28 heavy (non-hydrogen) atoms. The van der Waals surface area contributed by atoms with Crippen molar-refractivity contribution in [1.82, 2.24) is 0 Å². The minimum absolute atomic E-state index is 0.295. The summed E-state index contributed by atoms with van der Waals surface area (Å²) in [5, 5.41) is 3.17. The number of hydrogen-bond donors (Lipinski definition) is 1. The van der Waals surface area contributed by atoms with Gasteiger partial charge in [0.2, 0.25) is 0 Å². The largest absolute Gasteiger partial charge is 0.350 e. The highest BCUT2D eigenvalue weighted by Gasteiger charge is 2.40. The van der Waals surface area contributed by atoms with E-state index in [1.165, 1.54) is 4.90 Å². The van der Waals surface area contributed by atoms with E-state index in [-0.39, 0.29) is 11.8 Å². The molecular weight excluding hydrogens is 348 g/mol. The third-order valence-corrected chi connectivity index (χ3v) is 4.80. The predicted molar refractivity (Wildman–Crippen MR) is 112 cm³/mol. The maximum absolute atomic E-state index is 13.4. The van der Waals surface area contributed by atoms with Gasteiger partial charge in [0.25, 0.3) is 11.8 Å². The van der Waals surface area contributed by atoms with Gasteiger partial charge >= 0.3 is 0 Å². The number of benzene rings is 3. The van der Waals surface area contributed by atoms with E-state index >= 15 is 0 Å². The van der Waals surface area contributed by atoms with E-state index in [4.69, 9.17) is 0 Å². The molecule has 0 unspecified atom stereocenters. The maximum Gasteiger partial charge on any atom is 0.282 e. The summed E-state index contributed by atoms with van der Waals surface area (Å²) in [6, 6.07) is 24.5. The van der Waals surface area contributed by atoms with Crippen LogP contribution in [-0.2, 0) is 9.59 Å². The van der Waals surface area contributed by atoms with Crippen molar-refractivity contribution in [2.24, 2.45) is 0 Å². The Bertz CT molecular complexity index is 1090. The Balaban J connectivity index is 1.85. The molecule has 0 saturated carbocycles. The quantitative estimate of drug-likeness (QED) is 0.679. The van der Waals surface area contributed by atoms with Gasteiger partial charge < -0.3 is 5.32 Å². The number of imide groups is 1. The molecule has 3 aromatic rings. The van der Waals surface area contributed by atoms with Crippen LogP contribution in [0.2, 0.25) is 0 Å². The number of carbonyl (C=O) groups is 2. The minimum atomic E-state index is -0.346. The molecule has 1 heterocycles. The van der Waals surface area contributed by atoms with E-state index in [0.717, 1.165) is 16.8 Å². The number of hydrogen-bond acceptors (Lipinski definition) is 3. The van der Waals surface area contributed by atoms with Crippen LogP contribution in [0.4, 0.5) is 11.4 Å². The van der Waals surface area contributed by atoms with Crippen LogP contribution in [0.5, 0.6) is 0 Å². The summed E-state index contributed by atoms with van der Waals surface area (Å²) in [5.41, 5.74) is 4.64. The number of nitrogens with zero attached hydrogens (tertiary/aromatic N) is 1. The molecule has 0 radical (unpaired) electrons. The van der Waals surface area contributed by atoms with E-state index < -0.39 is 0 Å². The molecule has 0 atom stereocenters. The van der Waals surface area contributed by atoms with Crippen molar-refractivity contribution in [2.45, 2.75) is 13.8 Å². The average Bonchev–Trinajstić information content (AvgIpc) is 2.95. The Kier molecular flexibility index (Phi) is 4.53. The van der Waals surface area contributed by atoms with Gasteiger partial charge in [-0.15, -0.1) is 0 Å². The smallest absolute Gasteiger partial charge is 0.282 e. The van der Waals surface area contributed by atoms with E-state index in [9.17, 15) is 9.59 Å². The summed E-state index contributed by atoms with van der Waals surface area (Å²) in [6.07, 6.45) is 0. The van der Waals surface area contributed by atoms with Crippen LogP contribution in [0, 0.1) is 13.8 Å². The molecule has 1 N–H and O–H groups in total.